The summed E-state index contributed by atoms with van der Waals surface area (Å²) in [6, 6.07) is 13.9. The summed E-state index contributed by atoms with van der Waals surface area (Å²) >= 11 is 1.21. The van der Waals surface area contributed by atoms with E-state index in [1.165, 1.54) is 40.3 Å². The topological polar surface area (TPSA) is 140 Å². The Balaban J connectivity index is 1.52. The molecule has 4 aromatic rings. The number of para-hydroxylation sites is 1. The van der Waals surface area contributed by atoms with Gasteiger partial charge in [-0.15, -0.1) is 11.3 Å². The summed E-state index contributed by atoms with van der Waals surface area (Å²) < 4.78 is 32.1. The number of nitrogens with one attached hydrogen (secondary N) is 2. The highest BCUT2D eigenvalue weighted by Gasteiger charge is 2.30. The zero-order chi connectivity index (χ0) is 27.9. The number of anilines is 2. The first-order valence-electron chi connectivity index (χ1n) is 12.2. The van der Waals surface area contributed by atoms with Crippen molar-refractivity contribution in [3.8, 4) is 5.69 Å². The lowest BCUT2D eigenvalue weighted by atomic mass is 9.95. The summed E-state index contributed by atoms with van der Waals surface area (Å²) in [6.07, 6.45) is 3.13. The number of carbonyl (C=O) groups is 2. The summed E-state index contributed by atoms with van der Waals surface area (Å²) in [5, 5.41) is 12.0. The van der Waals surface area contributed by atoms with Gasteiger partial charge in [0.2, 0.25) is 0 Å². The molecule has 0 unspecified atom stereocenters. The Bertz CT molecular complexity index is 1750. The van der Waals surface area contributed by atoms with Crippen molar-refractivity contribution in [1.82, 2.24) is 9.36 Å². The number of carboxylic acid groups (broad SMARTS) is 1. The third kappa shape index (κ3) is 4.88. The van der Waals surface area contributed by atoms with Crippen molar-refractivity contribution < 1.29 is 23.1 Å². The number of nitrogens with zero attached hydrogens (tertiary/aromatic N) is 2. The summed E-state index contributed by atoms with van der Waals surface area (Å²) in [4.78, 5) is 39.0. The van der Waals surface area contributed by atoms with Gasteiger partial charge >= 0.3 is 5.97 Å². The molecule has 0 aliphatic heterocycles. The molecule has 0 bridgehead atoms. The highest BCUT2D eigenvalue weighted by Crippen LogP contribution is 2.39. The van der Waals surface area contributed by atoms with Crippen molar-refractivity contribution in [3.63, 3.8) is 0 Å². The quantitative estimate of drug-likeness (QED) is 0.307. The molecule has 1 aliphatic rings. The third-order valence-electron chi connectivity index (χ3n) is 6.83. The van der Waals surface area contributed by atoms with E-state index >= 15 is 0 Å². The minimum Gasteiger partial charge on any atom is -0.478 e. The number of fused-ring (bicyclic) bond motifs is 1. The van der Waals surface area contributed by atoms with Crippen molar-refractivity contribution in [1.29, 1.82) is 0 Å². The van der Waals surface area contributed by atoms with Crippen LogP contribution in [0.25, 0.3) is 5.69 Å². The Morgan fingerprint density at radius 2 is 1.67 bits per heavy atom. The first-order chi connectivity index (χ1) is 18.6. The lowest BCUT2D eigenvalue weighted by Crippen LogP contribution is -2.24. The van der Waals surface area contributed by atoms with E-state index in [2.05, 4.69) is 10.0 Å². The van der Waals surface area contributed by atoms with Crippen LogP contribution in [0.1, 0.15) is 49.7 Å². The second kappa shape index (κ2) is 10.2. The first-order valence-corrected chi connectivity index (χ1v) is 14.5. The highest BCUT2D eigenvalue weighted by molar-refractivity contribution is 7.93. The highest BCUT2D eigenvalue weighted by atomic mass is 32.2. The molecule has 5 rings (SSSR count). The number of amides is 1. The predicted molar refractivity (Wildman–Crippen MR) is 149 cm³/mol. The van der Waals surface area contributed by atoms with Gasteiger partial charge in [0.25, 0.3) is 21.5 Å². The monoisotopic (exact) mass is 566 g/mol. The van der Waals surface area contributed by atoms with E-state index in [-0.39, 0.29) is 26.7 Å². The molecule has 39 heavy (non-hydrogen) atoms. The van der Waals surface area contributed by atoms with Crippen molar-refractivity contribution in [2.45, 2.75) is 37.5 Å². The molecule has 10 nitrogen and oxygen atoms in total. The van der Waals surface area contributed by atoms with Gasteiger partial charge in [0.1, 0.15) is 10.7 Å². The van der Waals surface area contributed by atoms with Crippen molar-refractivity contribution in [2.75, 3.05) is 10.0 Å². The number of sulfonamides is 1. The van der Waals surface area contributed by atoms with Gasteiger partial charge in [-0.25, -0.2) is 17.9 Å². The van der Waals surface area contributed by atoms with Crippen LogP contribution in [0, 0.1) is 6.92 Å². The smallest absolute Gasteiger partial charge is 0.335 e. The van der Waals surface area contributed by atoms with Gasteiger partial charge in [0.15, 0.2) is 0 Å². The van der Waals surface area contributed by atoms with Gasteiger partial charge in [-0.1, -0.05) is 18.2 Å². The second-order valence-electron chi connectivity index (χ2n) is 9.24. The average Bonchev–Trinajstić information content (AvgIpc) is 3.38. The molecule has 2 aromatic carbocycles. The molecule has 2 heterocycles. The van der Waals surface area contributed by atoms with Crippen LogP contribution in [-0.2, 0) is 29.9 Å². The minimum atomic E-state index is -4.12. The number of benzene rings is 2. The molecular weight excluding hydrogens is 540 g/mol. The van der Waals surface area contributed by atoms with Gasteiger partial charge in [-0.05, 0) is 74.6 Å². The maximum atomic E-state index is 13.7. The van der Waals surface area contributed by atoms with Crippen LogP contribution < -0.4 is 15.6 Å². The van der Waals surface area contributed by atoms with E-state index in [0.717, 1.165) is 29.7 Å². The zero-order valence-electron chi connectivity index (χ0n) is 21.2. The number of carbonyl (C=O) groups excluding carboxylic acids is 1. The maximum Gasteiger partial charge on any atom is 0.335 e. The van der Waals surface area contributed by atoms with Crippen LogP contribution in [0.4, 0.5) is 10.7 Å². The Hall–Kier alpha value is -4.16. The van der Waals surface area contributed by atoms with Crippen LogP contribution in [-0.4, -0.2) is 34.8 Å². The SMILES string of the molecule is Cc1c(NC(=O)c2c(NS(=O)(=O)c3ccc(C(=O)O)cc3)sc3c2CCCC3)c(=O)n(-c2ccccc2)n1C. The number of hydrogen-bond donors (Lipinski definition) is 3. The van der Waals surface area contributed by atoms with Crippen molar-refractivity contribution in [3.05, 3.63) is 92.2 Å². The molecule has 0 saturated carbocycles. The molecule has 1 aliphatic carbocycles. The molecule has 0 atom stereocenters. The van der Waals surface area contributed by atoms with Crippen LogP contribution >= 0.6 is 11.3 Å². The first kappa shape index (κ1) is 26.4. The summed E-state index contributed by atoms with van der Waals surface area (Å²) in [6.45, 7) is 1.73. The molecule has 12 heteroatoms. The standard InChI is InChI=1S/C27H26N4O6S2/c1-16-23(26(33)31(30(16)2)18-8-4-3-5-9-18)28-24(32)22-20-10-6-7-11-21(20)38-25(22)29-39(36,37)19-14-12-17(13-15-19)27(34)35/h3-5,8-9,12-15,29H,6-7,10-11H2,1-2H3,(H,28,32)(H,34,35). The lowest BCUT2D eigenvalue weighted by Gasteiger charge is -2.13. The fourth-order valence-electron chi connectivity index (χ4n) is 4.72. The van der Waals surface area contributed by atoms with Crippen LogP contribution in [0.5, 0.6) is 0 Å². The third-order valence-corrected chi connectivity index (χ3v) is 9.53. The van der Waals surface area contributed by atoms with Crippen LogP contribution in [0.3, 0.4) is 0 Å². The van der Waals surface area contributed by atoms with E-state index < -0.39 is 27.5 Å². The molecule has 2 aromatic heterocycles. The number of hydrogen-bond acceptors (Lipinski definition) is 6. The molecule has 0 radical (unpaired) electrons. The van der Waals surface area contributed by atoms with Crippen molar-refractivity contribution in [2.24, 2.45) is 7.05 Å². The Morgan fingerprint density at radius 3 is 2.33 bits per heavy atom. The van der Waals surface area contributed by atoms with Gasteiger partial charge in [-0.3, -0.25) is 19.0 Å². The molecule has 3 N–H and O–H groups in total. The molecule has 0 fully saturated rings. The van der Waals surface area contributed by atoms with E-state index in [4.69, 9.17) is 5.11 Å². The summed E-state index contributed by atoms with van der Waals surface area (Å²) in [7, 11) is -2.40. The van der Waals surface area contributed by atoms with Gasteiger partial charge in [-0.2, -0.15) is 0 Å². The predicted octanol–water partition coefficient (Wildman–Crippen LogP) is 4.18. The molecule has 1 amide bonds. The Morgan fingerprint density at radius 1 is 1.00 bits per heavy atom. The number of aromatic nitrogens is 2. The maximum absolute atomic E-state index is 13.7. The Kier molecular flexibility index (Phi) is 6.91. The molecule has 0 saturated heterocycles. The molecule has 0 spiro atoms. The fraction of sp³-hybridized carbons (Fsp3) is 0.222. The molecule has 202 valence electrons. The average molecular weight is 567 g/mol. The van der Waals surface area contributed by atoms with Gasteiger partial charge in [0.05, 0.1) is 27.4 Å². The van der Waals surface area contributed by atoms with E-state index in [9.17, 15) is 22.8 Å². The van der Waals surface area contributed by atoms with E-state index in [1.807, 2.05) is 18.2 Å². The zero-order valence-corrected chi connectivity index (χ0v) is 22.9. The number of aromatic carboxylic acids is 1. The summed E-state index contributed by atoms with van der Waals surface area (Å²) in [5.41, 5.74) is 1.83. The second-order valence-corrected chi connectivity index (χ2v) is 12.0. The van der Waals surface area contributed by atoms with E-state index in [1.54, 1.807) is 30.8 Å². The largest absolute Gasteiger partial charge is 0.478 e. The number of aryl methyl sites for hydroxylation is 1. The minimum absolute atomic E-state index is 0.0417. The normalized spacial score (nSPS) is 13.1. The number of carboxylic acids is 1. The van der Waals surface area contributed by atoms with E-state index in [0.29, 0.717) is 17.8 Å². The lowest BCUT2D eigenvalue weighted by molar-refractivity contribution is 0.0696. The van der Waals surface area contributed by atoms with Gasteiger partial charge in [0, 0.05) is 11.9 Å². The van der Waals surface area contributed by atoms with Gasteiger partial charge < -0.3 is 10.4 Å². The fourth-order valence-corrected chi connectivity index (χ4v) is 7.32. The Labute approximate surface area is 228 Å². The number of rotatable bonds is 7. The molecular formula is C27H26N4O6S2. The van der Waals surface area contributed by atoms with Crippen molar-refractivity contribution >= 4 is 43.9 Å². The number of thiophene rings is 1. The van der Waals surface area contributed by atoms with Crippen LogP contribution in [0.15, 0.2) is 64.3 Å². The van der Waals surface area contributed by atoms with Crippen LogP contribution in [0.2, 0.25) is 0 Å². The summed E-state index contributed by atoms with van der Waals surface area (Å²) in [5.74, 6) is -1.74.